The first kappa shape index (κ1) is 20.5. The Labute approximate surface area is 169 Å². The Bertz CT molecular complexity index is 1030. The van der Waals surface area contributed by atoms with Crippen molar-refractivity contribution in [3.8, 4) is 5.75 Å². The second-order valence-corrected chi connectivity index (χ2v) is 6.09. The van der Waals surface area contributed by atoms with E-state index in [2.05, 4.69) is 5.32 Å². The van der Waals surface area contributed by atoms with E-state index in [0.717, 1.165) is 11.0 Å². The molecule has 0 aromatic heterocycles. The van der Waals surface area contributed by atoms with Crippen molar-refractivity contribution in [2.75, 3.05) is 25.6 Å². The van der Waals surface area contributed by atoms with E-state index in [4.69, 9.17) is 9.47 Å². The molecule has 1 heterocycles. The van der Waals surface area contributed by atoms with Gasteiger partial charge in [-0.1, -0.05) is 12.1 Å². The molecular weight excluding hydrogens is 398 g/mol. The molecule has 0 saturated heterocycles. The number of carbonyl (C=O) groups excluding carboxylic acids is 4. The molecule has 154 valence electrons. The SMILES string of the molecule is COc1ccc([N+](=O)[O-])c(NC(=O)COC(=O)CN2C(=O)c3ccccc3C2=O)c1. The smallest absolute Gasteiger partial charge is 0.326 e. The van der Waals surface area contributed by atoms with E-state index in [1.807, 2.05) is 0 Å². The van der Waals surface area contributed by atoms with Gasteiger partial charge in [0.15, 0.2) is 6.61 Å². The van der Waals surface area contributed by atoms with Gasteiger partial charge in [-0.2, -0.15) is 0 Å². The Morgan fingerprint density at radius 1 is 1.10 bits per heavy atom. The maximum absolute atomic E-state index is 12.2. The number of carbonyl (C=O) groups is 4. The zero-order chi connectivity index (χ0) is 21.8. The molecule has 0 unspecified atom stereocenters. The highest BCUT2D eigenvalue weighted by atomic mass is 16.6. The van der Waals surface area contributed by atoms with Crippen molar-refractivity contribution in [1.29, 1.82) is 0 Å². The highest BCUT2D eigenvalue weighted by Crippen LogP contribution is 2.28. The first-order valence-electron chi connectivity index (χ1n) is 8.55. The summed E-state index contributed by atoms with van der Waals surface area (Å²) in [5.74, 6) is -2.83. The lowest BCUT2D eigenvalue weighted by molar-refractivity contribution is -0.383. The predicted octanol–water partition coefficient (Wildman–Crippen LogP) is 1.38. The van der Waals surface area contributed by atoms with E-state index < -0.39 is 41.8 Å². The van der Waals surface area contributed by atoms with Gasteiger partial charge in [0.05, 0.1) is 23.2 Å². The summed E-state index contributed by atoms with van der Waals surface area (Å²) in [7, 11) is 1.35. The van der Waals surface area contributed by atoms with Gasteiger partial charge in [-0.05, 0) is 18.2 Å². The number of hydrogen-bond acceptors (Lipinski definition) is 8. The second-order valence-electron chi connectivity index (χ2n) is 6.09. The number of anilines is 1. The fraction of sp³-hybridized carbons (Fsp3) is 0.158. The van der Waals surface area contributed by atoms with Crippen molar-refractivity contribution in [2.24, 2.45) is 0 Å². The third kappa shape index (κ3) is 4.09. The van der Waals surface area contributed by atoms with Crippen LogP contribution in [0.15, 0.2) is 42.5 Å². The highest BCUT2D eigenvalue weighted by molar-refractivity contribution is 6.22. The van der Waals surface area contributed by atoms with Gasteiger partial charge in [0.1, 0.15) is 18.0 Å². The minimum absolute atomic E-state index is 0.138. The van der Waals surface area contributed by atoms with Gasteiger partial charge in [-0.3, -0.25) is 34.2 Å². The molecule has 11 nitrogen and oxygen atoms in total. The molecule has 0 radical (unpaired) electrons. The molecule has 0 atom stereocenters. The number of nitrogens with one attached hydrogen (secondary N) is 1. The van der Waals surface area contributed by atoms with Gasteiger partial charge in [0, 0.05) is 12.1 Å². The molecule has 3 amide bonds. The Balaban J connectivity index is 1.58. The van der Waals surface area contributed by atoms with E-state index >= 15 is 0 Å². The summed E-state index contributed by atoms with van der Waals surface area (Å²) in [5, 5.41) is 13.3. The number of benzene rings is 2. The maximum atomic E-state index is 12.2. The van der Waals surface area contributed by atoms with Crippen LogP contribution >= 0.6 is 0 Å². The minimum Gasteiger partial charge on any atom is -0.497 e. The van der Waals surface area contributed by atoms with E-state index in [0.29, 0.717) is 0 Å². The standard InChI is InChI=1S/C19H15N3O8/c1-29-11-6-7-15(22(27)28)14(8-11)20-16(23)10-30-17(24)9-21-18(25)12-4-2-3-5-13(12)19(21)26/h2-8H,9-10H2,1H3,(H,20,23). The lowest BCUT2D eigenvalue weighted by Crippen LogP contribution is -2.36. The molecule has 0 spiro atoms. The van der Waals surface area contributed by atoms with Crippen LogP contribution in [0, 0.1) is 10.1 Å². The van der Waals surface area contributed by atoms with E-state index in [1.54, 1.807) is 12.1 Å². The summed E-state index contributed by atoms with van der Waals surface area (Å²) >= 11 is 0. The van der Waals surface area contributed by atoms with Crippen molar-refractivity contribution >= 4 is 35.1 Å². The lowest BCUT2D eigenvalue weighted by atomic mass is 10.1. The van der Waals surface area contributed by atoms with Crippen molar-refractivity contribution in [3.63, 3.8) is 0 Å². The zero-order valence-corrected chi connectivity index (χ0v) is 15.6. The molecule has 3 rings (SSSR count). The first-order valence-corrected chi connectivity index (χ1v) is 8.55. The van der Waals surface area contributed by atoms with E-state index in [9.17, 15) is 29.3 Å². The molecule has 0 bridgehead atoms. The summed E-state index contributed by atoms with van der Waals surface area (Å²) in [6.07, 6.45) is 0. The van der Waals surface area contributed by atoms with Crippen LogP contribution in [-0.2, 0) is 14.3 Å². The molecule has 0 fully saturated rings. The Kier molecular flexibility index (Phi) is 5.72. The number of nitro benzene ring substituents is 1. The molecule has 0 aliphatic carbocycles. The number of nitro groups is 1. The van der Waals surface area contributed by atoms with Crippen LogP contribution in [0.5, 0.6) is 5.75 Å². The fourth-order valence-corrected chi connectivity index (χ4v) is 2.79. The van der Waals surface area contributed by atoms with Gasteiger partial charge in [0.2, 0.25) is 0 Å². The van der Waals surface area contributed by atoms with Crippen molar-refractivity contribution in [1.82, 2.24) is 4.90 Å². The highest BCUT2D eigenvalue weighted by Gasteiger charge is 2.36. The van der Waals surface area contributed by atoms with Crippen molar-refractivity contribution in [3.05, 3.63) is 63.7 Å². The topological polar surface area (TPSA) is 145 Å². The number of nitrogens with zero attached hydrogens (tertiary/aromatic N) is 2. The molecule has 2 aromatic carbocycles. The quantitative estimate of drug-likeness (QED) is 0.310. The van der Waals surface area contributed by atoms with Gasteiger partial charge >= 0.3 is 5.97 Å². The Morgan fingerprint density at radius 3 is 2.30 bits per heavy atom. The molecule has 11 heteroatoms. The molecule has 30 heavy (non-hydrogen) atoms. The van der Waals surface area contributed by atoms with Gasteiger partial charge in [-0.15, -0.1) is 0 Å². The summed E-state index contributed by atoms with van der Waals surface area (Å²) in [6, 6.07) is 9.88. The second kappa shape index (κ2) is 8.39. The van der Waals surface area contributed by atoms with Crippen molar-refractivity contribution in [2.45, 2.75) is 0 Å². The van der Waals surface area contributed by atoms with Crippen LogP contribution < -0.4 is 10.1 Å². The fourth-order valence-electron chi connectivity index (χ4n) is 2.79. The molecule has 0 saturated carbocycles. The third-order valence-electron chi connectivity index (χ3n) is 4.20. The Morgan fingerprint density at radius 2 is 1.73 bits per heavy atom. The van der Waals surface area contributed by atoms with Crippen LogP contribution in [-0.4, -0.2) is 53.8 Å². The first-order chi connectivity index (χ1) is 14.3. The average Bonchev–Trinajstić information content (AvgIpc) is 2.97. The van der Waals surface area contributed by atoms with Gasteiger partial charge in [0.25, 0.3) is 23.4 Å². The molecule has 2 aromatic rings. The average molecular weight is 413 g/mol. The van der Waals surface area contributed by atoms with Crippen LogP contribution in [0.2, 0.25) is 0 Å². The lowest BCUT2D eigenvalue weighted by Gasteiger charge is -2.13. The van der Waals surface area contributed by atoms with E-state index in [-0.39, 0.29) is 28.3 Å². The number of fused-ring (bicyclic) bond motifs is 1. The normalized spacial score (nSPS) is 12.4. The molecule has 1 N–H and O–H groups in total. The summed E-state index contributed by atoms with van der Waals surface area (Å²) in [6.45, 7) is -1.44. The van der Waals surface area contributed by atoms with Crippen LogP contribution in [0.4, 0.5) is 11.4 Å². The van der Waals surface area contributed by atoms with Gasteiger partial charge < -0.3 is 14.8 Å². The number of methoxy groups -OCH3 is 1. The largest absolute Gasteiger partial charge is 0.497 e. The van der Waals surface area contributed by atoms with Crippen LogP contribution in [0.25, 0.3) is 0 Å². The molecule has 1 aliphatic heterocycles. The van der Waals surface area contributed by atoms with Gasteiger partial charge in [-0.25, -0.2) is 0 Å². The number of hydrogen-bond donors (Lipinski definition) is 1. The number of rotatable bonds is 7. The number of imide groups is 1. The molecular formula is C19H15N3O8. The Hall–Kier alpha value is -4.28. The van der Waals surface area contributed by atoms with E-state index in [1.165, 1.54) is 31.4 Å². The van der Waals surface area contributed by atoms with Crippen LogP contribution in [0.3, 0.4) is 0 Å². The number of ether oxygens (including phenoxy) is 2. The maximum Gasteiger partial charge on any atom is 0.326 e. The summed E-state index contributed by atoms with van der Waals surface area (Å²) in [4.78, 5) is 59.6. The zero-order valence-electron chi connectivity index (χ0n) is 15.6. The van der Waals surface area contributed by atoms with Crippen molar-refractivity contribution < 1.29 is 33.6 Å². The number of amides is 3. The third-order valence-corrected chi connectivity index (χ3v) is 4.20. The summed E-state index contributed by atoms with van der Waals surface area (Å²) in [5.41, 5.74) is -0.154. The molecule has 1 aliphatic rings. The van der Waals surface area contributed by atoms with Crippen LogP contribution in [0.1, 0.15) is 20.7 Å². The predicted molar refractivity (Wildman–Crippen MR) is 101 cm³/mol. The monoisotopic (exact) mass is 413 g/mol. The summed E-state index contributed by atoms with van der Waals surface area (Å²) < 4.78 is 9.75. The number of esters is 1. The minimum atomic E-state index is -0.986.